The van der Waals surface area contributed by atoms with Gasteiger partial charge in [0, 0.05) is 0 Å². The van der Waals surface area contributed by atoms with E-state index in [0.29, 0.717) is 0 Å². The Hall–Kier alpha value is -0.280. The maximum atomic E-state index is 9.78. The highest BCUT2D eigenvalue weighted by atomic mass is 35.5. The minimum absolute atomic E-state index is 0.665. The highest BCUT2D eigenvalue weighted by Crippen LogP contribution is 1.79. The standard InChI is InChI=1S/C3H6ClNO2/c1-2(5-4)3(6)7/h2,5H,1H3,(H,6,7). The van der Waals surface area contributed by atoms with Gasteiger partial charge in [-0.3, -0.25) is 4.79 Å². The largest absolute Gasteiger partial charge is 0.480 e. The van der Waals surface area contributed by atoms with Crippen LogP contribution in [-0.2, 0) is 4.79 Å². The lowest BCUT2D eigenvalue weighted by atomic mass is 10.4. The molecule has 2 N–H and O–H groups in total. The summed E-state index contributed by atoms with van der Waals surface area (Å²) in [6.45, 7) is 1.45. The molecule has 0 radical (unpaired) electrons. The second-order valence-corrected chi connectivity index (χ2v) is 1.39. The van der Waals surface area contributed by atoms with E-state index in [4.69, 9.17) is 16.9 Å². The van der Waals surface area contributed by atoms with Gasteiger partial charge < -0.3 is 5.11 Å². The minimum Gasteiger partial charge on any atom is -0.480 e. The van der Waals surface area contributed by atoms with Gasteiger partial charge in [0.2, 0.25) is 0 Å². The first-order valence-electron chi connectivity index (χ1n) is 1.77. The van der Waals surface area contributed by atoms with Crippen molar-refractivity contribution in [3.63, 3.8) is 0 Å². The van der Waals surface area contributed by atoms with E-state index >= 15 is 0 Å². The van der Waals surface area contributed by atoms with Crippen LogP contribution in [0, 0.1) is 0 Å². The minimum atomic E-state index is -0.949. The van der Waals surface area contributed by atoms with Gasteiger partial charge in [0.15, 0.2) is 0 Å². The Balaban J connectivity index is 3.34. The molecule has 0 spiro atoms. The molecule has 0 heterocycles. The number of rotatable bonds is 2. The fourth-order valence-corrected chi connectivity index (χ4v) is 0.140. The lowest BCUT2D eigenvalue weighted by Gasteiger charge is -1.97. The molecular weight excluding hydrogens is 117 g/mol. The summed E-state index contributed by atoms with van der Waals surface area (Å²) in [7, 11) is 0. The maximum absolute atomic E-state index is 9.78. The van der Waals surface area contributed by atoms with Crippen LogP contribution < -0.4 is 4.84 Å². The fraction of sp³-hybridized carbons (Fsp3) is 0.667. The van der Waals surface area contributed by atoms with Crippen molar-refractivity contribution in [2.75, 3.05) is 0 Å². The molecule has 3 nitrogen and oxygen atoms in total. The molecule has 7 heavy (non-hydrogen) atoms. The van der Waals surface area contributed by atoms with Crippen molar-refractivity contribution in [1.82, 2.24) is 4.84 Å². The van der Waals surface area contributed by atoms with Crippen LogP contribution in [0.1, 0.15) is 6.92 Å². The zero-order chi connectivity index (χ0) is 5.86. The average Bonchev–Trinajstić information content (AvgIpc) is 1.65. The zero-order valence-electron chi connectivity index (χ0n) is 3.81. The number of hydrogen-bond donors (Lipinski definition) is 2. The van der Waals surface area contributed by atoms with Gasteiger partial charge in [-0.1, -0.05) is 0 Å². The second kappa shape index (κ2) is 2.82. The Morgan fingerprint density at radius 2 is 2.43 bits per heavy atom. The van der Waals surface area contributed by atoms with E-state index in [1.807, 2.05) is 4.84 Å². The molecule has 0 saturated heterocycles. The van der Waals surface area contributed by atoms with E-state index in [-0.39, 0.29) is 0 Å². The molecule has 0 aromatic rings. The van der Waals surface area contributed by atoms with Crippen LogP contribution in [-0.4, -0.2) is 17.1 Å². The summed E-state index contributed by atoms with van der Waals surface area (Å²) in [6.07, 6.45) is 0. The number of nitrogens with one attached hydrogen (secondary N) is 1. The van der Waals surface area contributed by atoms with Crippen molar-refractivity contribution in [3.8, 4) is 0 Å². The first-order chi connectivity index (χ1) is 3.18. The van der Waals surface area contributed by atoms with E-state index in [9.17, 15) is 4.79 Å². The molecule has 42 valence electrons. The summed E-state index contributed by atoms with van der Waals surface area (Å²) in [5.74, 6) is -0.949. The number of hydrogen-bond acceptors (Lipinski definition) is 2. The molecule has 0 aromatic heterocycles. The molecule has 0 bridgehead atoms. The molecule has 1 unspecified atom stereocenters. The summed E-state index contributed by atoms with van der Waals surface area (Å²) in [5, 5.41) is 8.04. The Bertz CT molecular complexity index is 75.3. The molecule has 0 saturated carbocycles. The third-order valence-electron chi connectivity index (χ3n) is 0.534. The number of carbonyl (C=O) groups is 1. The quantitative estimate of drug-likeness (QED) is 0.516. The SMILES string of the molecule is CC(NCl)C(=O)O. The molecule has 0 aliphatic carbocycles. The van der Waals surface area contributed by atoms with Crippen LogP contribution in [0.4, 0.5) is 0 Å². The second-order valence-electron chi connectivity index (χ2n) is 1.17. The zero-order valence-corrected chi connectivity index (χ0v) is 4.57. The predicted octanol–water partition coefficient (Wildman–Crippen LogP) is 0.203. The molecule has 1 atom stereocenters. The van der Waals surface area contributed by atoms with Crippen molar-refractivity contribution in [1.29, 1.82) is 0 Å². The molecule has 0 rings (SSSR count). The van der Waals surface area contributed by atoms with Gasteiger partial charge in [-0.2, -0.15) is 0 Å². The maximum Gasteiger partial charge on any atom is 0.321 e. The van der Waals surface area contributed by atoms with Gasteiger partial charge in [0.25, 0.3) is 0 Å². The first-order valence-corrected chi connectivity index (χ1v) is 2.15. The molecule has 0 aromatic carbocycles. The number of carboxylic acid groups (broad SMARTS) is 1. The van der Waals surface area contributed by atoms with Crippen LogP contribution in [0.2, 0.25) is 0 Å². The average molecular weight is 124 g/mol. The van der Waals surface area contributed by atoms with Crippen molar-refractivity contribution >= 4 is 17.7 Å². The summed E-state index contributed by atoms with van der Waals surface area (Å²) in [4.78, 5) is 11.8. The number of carboxylic acids is 1. The highest BCUT2D eigenvalue weighted by molar-refractivity contribution is 6.14. The van der Waals surface area contributed by atoms with E-state index < -0.39 is 12.0 Å². The lowest BCUT2D eigenvalue weighted by Crippen LogP contribution is -2.26. The molecule has 0 aliphatic heterocycles. The summed E-state index contributed by atoms with van der Waals surface area (Å²) < 4.78 is 0. The van der Waals surface area contributed by atoms with Crippen LogP contribution >= 0.6 is 11.8 Å². The van der Waals surface area contributed by atoms with Crippen molar-refractivity contribution in [2.45, 2.75) is 13.0 Å². The Labute approximate surface area is 46.4 Å². The molecule has 0 fully saturated rings. The number of aliphatic carboxylic acids is 1. The Morgan fingerprint density at radius 1 is 2.00 bits per heavy atom. The topological polar surface area (TPSA) is 49.3 Å². The van der Waals surface area contributed by atoms with Gasteiger partial charge in [-0.05, 0) is 18.7 Å². The van der Waals surface area contributed by atoms with Crippen LogP contribution in [0.3, 0.4) is 0 Å². The molecule has 4 heteroatoms. The summed E-state index contributed by atoms with van der Waals surface area (Å²) in [6, 6.07) is -0.665. The van der Waals surface area contributed by atoms with E-state index in [2.05, 4.69) is 0 Å². The van der Waals surface area contributed by atoms with Gasteiger partial charge >= 0.3 is 5.97 Å². The molecular formula is C3H6ClNO2. The highest BCUT2D eigenvalue weighted by Gasteiger charge is 2.05. The van der Waals surface area contributed by atoms with E-state index in [1.165, 1.54) is 6.92 Å². The Morgan fingerprint density at radius 3 is 2.43 bits per heavy atom. The third kappa shape index (κ3) is 2.42. The first kappa shape index (κ1) is 6.72. The fourth-order valence-electron chi connectivity index (χ4n) is 0.0467. The van der Waals surface area contributed by atoms with Crippen LogP contribution in [0.25, 0.3) is 0 Å². The van der Waals surface area contributed by atoms with Gasteiger partial charge in [-0.15, -0.1) is 0 Å². The normalized spacial score (nSPS) is 13.4. The monoisotopic (exact) mass is 123 g/mol. The summed E-state index contributed by atoms with van der Waals surface area (Å²) in [5.41, 5.74) is 0. The van der Waals surface area contributed by atoms with Gasteiger partial charge in [0.05, 0.1) is 0 Å². The van der Waals surface area contributed by atoms with Gasteiger partial charge in [-0.25, -0.2) is 4.84 Å². The van der Waals surface area contributed by atoms with Crippen molar-refractivity contribution < 1.29 is 9.90 Å². The molecule has 0 amide bonds. The van der Waals surface area contributed by atoms with Gasteiger partial charge in [0.1, 0.15) is 6.04 Å². The predicted molar refractivity (Wildman–Crippen MR) is 26.1 cm³/mol. The van der Waals surface area contributed by atoms with Crippen molar-refractivity contribution in [2.24, 2.45) is 0 Å². The third-order valence-corrected chi connectivity index (χ3v) is 0.861. The van der Waals surface area contributed by atoms with E-state index in [1.54, 1.807) is 0 Å². The van der Waals surface area contributed by atoms with Crippen molar-refractivity contribution in [3.05, 3.63) is 0 Å². The Kier molecular flexibility index (Phi) is 2.71. The smallest absolute Gasteiger partial charge is 0.321 e. The van der Waals surface area contributed by atoms with Crippen LogP contribution in [0.15, 0.2) is 0 Å². The van der Waals surface area contributed by atoms with Crippen LogP contribution in [0.5, 0.6) is 0 Å². The summed E-state index contributed by atoms with van der Waals surface area (Å²) >= 11 is 4.92. The van der Waals surface area contributed by atoms with E-state index in [0.717, 1.165) is 0 Å². The lowest BCUT2D eigenvalue weighted by molar-refractivity contribution is -0.138. The molecule has 0 aliphatic rings. The number of halogens is 1.